The normalized spacial score (nSPS) is 15.1. The maximum absolute atomic E-state index is 13.3. The van der Waals surface area contributed by atoms with Crippen LogP contribution in [0.15, 0.2) is 36.4 Å². The molecular weight excluding hydrogens is 253 g/mol. The second-order valence-electron chi connectivity index (χ2n) is 5.45. The maximum Gasteiger partial charge on any atom is 0.123 e. The van der Waals surface area contributed by atoms with Gasteiger partial charge in [-0.15, -0.1) is 0 Å². The highest BCUT2D eigenvalue weighted by atomic mass is 19.1. The lowest BCUT2D eigenvalue weighted by molar-refractivity contribution is 0.179. The molecule has 1 aliphatic rings. The summed E-state index contributed by atoms with van der Waals surface area (Å²) in [6.45, 7) is 0. The van der Waals surface area contributed by atoms with Crippen LogP contribution >= 0.6 is 0 Å². The molecule has 104 valence electrons. The molecule has 0 radical (unpaired) electrons. The first-order valence-electron chi connectivity index (χ1n) is 6.97. The van der Waals surface area contributed by atoms with Gasteiger partial charge in [0.1, 0.15) is 5.82 Å². The first-order valence-corrected chi connectivity index (χ1v) is 6.97. The summed E-state index contributed by atoms with van der Waals surface area (Å²) in [4.78, 5) is 0. The fourth-order valence-corrected chi connectivity index (χ4v) is 2.92. The molecule has 1 unspecified atom stereocenters. The minimum atomic E-state index is -0.773. The predicted molar refractivity (Wildman–Crippen MR) is 77.9 cm³/mol. The second kappa shape index (κ2) is 5.25. The van der Waals surface area contributed by atoms with Gasteiger partial charge in [-0.1, -0.05) is 18.2 Å². The van der Waals surface area contributed by atoms with Crippen LogP contribution in [0.2, 0.25) is 0 Å². The van der Waals surface area contributed by atoms with E-state index in [1.165, 1.54) is 35.7 Å². The molecule has 0 bridgehead atoms. The zero-order valence-electron chi connectivity index (χ0n) is 11.3. The third-order valence-electron chi connectivity index (χ3n) is 4.00. The van der Waals surface area contributed by atoms with E-state index in [9.17, 15) is 9.50 Å². The molecule has 3 N–H and O–H groups in total. The molecule has 3 rings (SSSR count). The van der Waals surface area contributed by atoms with Gasteiger partial charge in [0.2, 0.25) is 0 Å². The number of fused-ring (bicyclic) bond motifs is 1. The minimum Gasteiger partial charge on any atom is -0.398 e. The lowest BCUT2D eigenvalue weighted by atomic mass is 9.97. The molecule has 2 aromatic carbocycles. The van der Waals surface area contributed by atoms with Gasteiger partial charge in [0.05, 0.1) is 6.10 Å². The van der Waals surface area contributed by atoms with Crippen molar-refractivity contribution >= 4 is 5.69 Å². The Bertz CT molecular complexity index is 639. The largest absolute Gasteiger partial charge is 0.398 e. The van der Waals surface area contributed by atoms with Gasteiger partial charge < -0.3 is 10.8 Å². The smallest absolute Gasteiger partial charge is 0.123 e. The van der Waals surface area contributed by atoms with E-state index in [1.807, 2.05) is 6.07 Å². The fraction of sp³-hybridized carbons (Fsp3) is 0.294. The number of halogens is 1. The Balaban J connectivity index is 1.82. The van der Waals surface area contributed by atoms with Crippen LogP contribution in [0, 0.1) is 5.82 Å². The van der Waals surface area contributed by atoms with Gasteiger partial charge in [-0.2, -0.15) is 0 Å². The number of anilines is 1. The Kier molecular flexibility index (Phi) is 3.45. The number of hydrogen-bond acceptors (Lipinski definition) is 2. The number of aliphatic hydroxyl groups excluding tert-OH is 1. The van der Waals surface area contributed by atoms with Crippen molar-refractivity contribution in [2.45, 2.75) is 31.8 Å². The minimum absolute atomic E-state index is 0.373. The highest BCUT2D eigenvalue weighted by Gasteiger charge is 2.15. The molecule has 1 aliphatic carbocycles. The topological polar surface area (TPSA) is 46.2 Å². The van der Waals surface area contributed by atoms with E-state index in [4.69, 9.17) is 5.73 Å². The van der Waals surface area contributed by atoms with Gasteiger partial charge in [-0.05, 0) is 54.2 Å². The number of hydrogen-bond donors (Lipinski definition) is 2. The fourth-order valence-electron chi connectivity index (χ4n) is 2.92. The Morgan fingerprint density at radius 3 is 2.75 bits per heavy atom. The van der Waals surface area contributed by atoms with E-state index in [-0.39, 0.29) is 5.82 Å². The Hall–Kier alpha value is -1.87. The van der Waals surface area contributed by atoms with E-state index in [1.54, 1.807) is 0 Å². The zero-order valence-corrected chi connectivity index (χ0v) is 11.3. The van der Waals surface area contributed by atoms with Gasteiger partial charge in [-0.3, -0.25) is 0 Å². The van der Waals surface area contributed by atoms with Crippen LogP contribution in [-0.2, 0) is 19.3 Å². The van der Waals surface area contributed by atoms with E-state index in [2.05, 4.69) is 12.1 Å². The van der Waals surface area contributed by atoms with Gasteiger partial charge in [0.25, 0.3) is 0 Å². The number of nitrogen functional groups attached to an aromatic ring is 1. The molecule has 0 amide bonds. The van der Waals surface area contributed by atoms with Crippen LogP contribution in [0.5, 0.6) is 0 Å². The van der Waals surface area contributed by atoms with Crippen molar-refractivity contribution in [3.8, 4) is 0 Å². The third-order valence-corrected chi connectivity index (χ3v) is 4.00. The van der Waals surface area contributed by atoms with Crippen molar-refractivity contribution in [1.29, 1.82) is 0 Å². The van der Waals surface area contributed by atoms with Gasteiger partial charge in [-0.25, -0.2) is 4.39 Å². The maximum atomic E-state index is 13.3. The molecule has 2 nitrogen and oxygen atoms in total. The summed E-state index contributed by atoms with van der Waals surface area (Å²) in [5, 5.41) is 10.3. The summed E-state index contributed by atoms with van der Waals surface area (Å²) in [5.74, 6) is -0.373. The summed E-state index contributed by atoms with van der Waals surface area (Å²) < 4.78 is 13.3. The van der Waals surface area contributed by atoms with E-state index in [0.717, 1.165) is 18.4 Å². The molecule has 0 heterocycles. The summed E-state index contributed by atoms with van der Waals surface area (Å²) >= 11 is 0. The number of aryl methyl sites for hydroxylation is 2. The van der Waals surface area contributed by atoms with Crippen molar-refractivity contribution in [2.24, 2.45) is 0 Å². The average molecular weight is 271 g/mol. The Morgan fingerprint density at radius 2 is 1.90 bits per heavy atom. The van der Waals surface area contributed by atoms with Crippen LogP contribution < -0.4 is 5.73 Å². The standard InChI is InChI=1S/C17H18FNO/c18-14-6-7-16(19)15(10-14)17(20)9-11-4-5-12-2-1-3-13(12)8-11/h4-8,10,17,20H,1-3,9,19H2. The third kappa shape index (κ3) is 2.54. The summed E-state index contributed by atoms with van der Waals surface area (Å²) in [6.07, 6.45) is 3.15. The summed E-state index contributed by atoms with van der Waals surface area (Å²) in [5.41, 5.74) is 10.6. The molecule has 0 spiro atoms. The van der Waals surface area contributed by atoms with Gasteiger partial charge in [0.15, 0.2) is 0 Å². The quantitative estimate of drug-likeness (QED) is 0.842. The van der Waals surface area contributed by atoms with Crippen molar-refractivity contribution < 1.29 is 9.50 Å². The van der Waals surface area contributed by atoms with Crippen molar-refractivity contribution in [3.05, 3.63) is 64.5 Å². The predicted octanol–water partition coefficient (Wildman–Crippen LogP) is 3.17. The molecule has 0 aliphatic heterocycles. The Labute approximate surface area is 118 Å². The number of aliphatic hydroxyl groups is 1. The molecule has 0 aromatic heterocycles. The second-order valence-corrected chi connectivity index (χ2v) is 5.45. The first kappa shape index (κ1) is 13.1. The Morgan fingerprint density at radius 1 is 1.10 bits per heavy atom. The summed E-state index contributed by atoms with van der Waals surface area (Å²) in [7, 11) is 0. The zero-order chi connectivity index (χ0) is 14.1. The lowest BCUT2D eigenvalue weighted by Gasteiger charge is -2.14. The van der Waals surface area contributed by atoms with E-state index < -0.39 is 6.10 Å². The number of rotatable bonds is 3. The first-order chi connectivity index (χ1) is 9.63. The molecular formula is C17H18FNO. The van der Waals surface area contributed by atoms with Crippen LogP contribution in [0.1, 0.15) is 34.8 Å². The number of nitrogens with two attached hydrogens (primary N) is 1. The van der Waals surface area contributed by atoms with Crippen molar-refractivity contribution in [1.82, 2.24) is 0 Å². The van der Waals surface area contributed by atoms with Crippen LogP contribution in [0.25, 0.3) is 0 Å². The monoisotopic (exact) mass is 271 g/mol. The SMILES string of the molecule is Nc1ccc(F)cc1C(O)Cc1ccc2c(c1)CCC2. The van der Waals surface area contributed by atoms with Gasteiger partial charge >= 0.3 is 0 Å². The van der Waals surface area contributed by atoms with E-state index in [0.29, 0.717) is 17.7 Å². The van der Waals surface area contributed by atoms with Crippen LogP contribution in [0.3, 0.4) is 0 Å². The molecule has 0 fully saturated rings. The molecule has 1 atom stereocenters. The molecule has 0 saturated heterocycles. The number of benzene rings is 2. The molecule has 2 aromatic rings. The molecule has 20 heavy (non-hydrogen) atoms. The van der Waals surface area contributed by atoms with Crippen molar-refractivity contribution in [3.63, 3.8) is 0 Å². The highest BCUT2D eigenvalue weighted by molar-refractivity contribution is 5.48. The van der Waals surface area contributed by atoms with Crippen LogP contribution in [-0.4, -0.2) is 5.11 Å². The molecule has 3 heteroatoms. The highest BCUT2D eigenvalue weighted by Crippen LogP contribution is 2.27. The van der Waals surface area contributed by atoms with Gasteiger partial charge in [0, 0.05) is 17.7 Å². The van der Waals surface area contributed by atoms with E-state index >= 15 is 0 Å². The lowest BCUT2D eigenvalue weighted by Crippen LogP contribution is -2.06. The van der Waals surface area contributed by atoms with Crippen LogP contribution in [0.4, 0.5) is 10.1 Å². The summed E-state index contributed by atoms with van der Waals surface area (Å²) in [6, 6.07) is 10.5. The molecule has 0 saturated carbocycles. The van der Waals surface area contributed by atoms with Crippen molar-refractivity contribution in [2.75, 3.05) is 5.73 Å². The average Bonchev–Trinajstić information content (AvgIpc) is 2.89.